The van der Waals surface area contributed by atoms with Gasteiger partial charge in [-0.2, -0.15) is 0 Å². The van der Waals surface area contributed by atoms with E-state index in [2.05, 4.69) is 22.9 Å². The van der Waals surface area contributed by atoms with Crippen LogP contribution in [0.3, 0.4) is 0 Å². The van der Waals surface area contributed by atoms with Crippen molar-refractivity contribution in [1.82, 2.24) is 0 Å². The number of aliphatic hydroxyl groups is 1. The molecule has 0 bridgehead atoms. The molecule has 5 rings (SSSR count). The van der Waals surface area contributed by atoms with Crippen LogP contribution in [-0.4, -0.2) is 35.0 Å². The number of halogens is 1. The van der Waals surface area contributed by atoms with E-state index in [9.17, 15) is 9.90 Å². The van der Waals surface area contributed by atoms with Crippen LogP contribution in [0.5, 0.6) is 0 Å². The highest BCUT2D eigenvalue weighted by atomic mass is 79.9. The molecule has 5 aliphatic carbocycles. The van der Waals surface area contributed by atoms with E-state index >= 15 is 0 Å². The molecule has 0 aliphatic heterocycles. The number of Topliss-reactive ketones (excluding diaryl/α,β-unsaturated/α-hetero) is 1. The number of rotatable bonds is 3. The van der Waals surface area contributed by atoms with E-state index < -0.39 is 5.60 Å². The number of methoxy groups -OCH3 is 1. The van der Waals surface area contributed by atoms with Crippen molar-refractivity contribution in [3.05, 3.63) is 0 Å². The van der Waals surface area contributed by atoms with Gasteiger partial charge >= 0.3 is 0 Å². The predicted molar refractivity (Wildman–Crippen MR) is 104 cm³/mol. The first-order chi connectivity index (χ1) is 12.5. The van der Waals surface area contributed by atoms with Gasteiger partial charge < -0.3 is 9.84 Å². The van der Waals surface area contributed by atoms with Gasteiger partial charge in [0.15, 0.2) is 0 Å². The van der Waals surface area contributed by atoms with Crippen LogP contribution in [0.4, 0.5) is 0 Å². The van der Waals surface area contributed by atoms with E-state index in [1.54, 1.807) is 7.11 Å². The fraction of sp³-hybridized carbons (Fsp3) is 0.955. The summed E-state index contributed by atoms with van der Waals surface area (Å²) in [5.41, 5.74) is -0.268. The molecular weight excluding hydrogens is 392 g/mol. The number of fused-ring (bicyclic) bond motifs is 7. The summed E-state index contributed by atoms with van der Waals surface area (Å²) in [5, 5.41) is 11.4. The van der Waals surface area contributed by atoms with Crippen LogP contribution in [0.25, 0.3) is 0 Å². The molecule has 1 N–H and O–H groups in total. The van der Waals surface area contributed by atoms with E-state index in [1.807, 2.05) is 0 Å². The van der Waals surface area contributed by atoms with Gasteiger partial charge in [-0.15, -0.1) is 0 Å². The van der Waals surface area contributed by atoms with Crippen molar-refractivity contribution in [2.45, 2.75) is 70.0 Å². The summed E-state index contributed by atoms with van der Waals surface area (Å²) in [6, 6.07) is 0. The Hall–Kier alpha value is 0.0700. The Morgan fingerprint density at radius 1 is 1.04 bits per heavy atom. The first-order valence-corrected chi connectivity index (χ1v) is 11.9. The molecule has 146 valence electrons. The van der Waals surface area contributed by atoms with Gasteiger partial charge in [-0.1, -0.05) is 22.9 Å². The fourth-order valence-corrected chi connectivity index (χ4v) is 9.14. The normalized spacial score (nSPS) is 57.5. The van der Waals surface area contributed by atoms with Crippen molar-refractivity contribution < 1.29 is 14.6 Å². The maximum atomic E-state index is 12.5. The van der Waals surface area contributed by atoms with Crippen molar-refractivity contribution in [3.63, 3.8) is 0 Å². The van der Waals surface area contributed by atoms with E-state index in [1.165, 1.54) is 38.5 Å². The molecule has 0 heterocycles. The minimum Gasteiger partial charge on any atom is -0.387 e. The van der Waals surface area contributed by atoms with Gasteiger partial charge in [0.25, 0.3) is 0 Å². The molecular formula is C22H33BrO3. The quantitative estimate of drug-likeness (QED) is 0.690. The molecule has 0 saturated heterocycles. The molecule has 0 aromatic carbocycles. The van der Waals surface area contributed by atoms with E-state index in [0.717, 1.165) is 36.5 Å². The van der Waals surface area contributed by atoms with Crippen LogP contribution in [0.1, 0.15) is 58.3 Å². The van der Waals surface area contributed by atoms with Crippen molar-refractivity contribution in [2.24, 2.45) is 46.8 Å². The Morgan fingerprint density at radius 2 is 1.73 bits per heavy atom. The average molecular weight is 425 g/mol. The highest BCUT2D eigenvalue weighted by molar-refractivity contribution is 9.09. The van der Waals surface area contributed by atoms with Gasteiger partial charge in [0.2, 0.25) is 0 Å². The lowest BCUT2D eigenvalue weighted by Crippen LogP contribution is -2.50. The molecule has 10 atom stereocenters. The molecule has 0 radical (unpaired) electrons. The van der Waals surface area contributed by atoms with Crippen molar-refractivity contribution in [1.29, 1.82) is 0 Å². The first kappa shape index (κ1) is 18.1. The molecule has 0 spiro atoms. The number of alkyl halides is 1. The molecule has 3 nitrogen and oxygen atoms in total. The topological polar surface area (TPSA) is 46.5 Å². The van der Waals surface area contributed by atoms with Gasteiger partial charge in [0.1, 0.15) is 5.78 Å². The highest BCUT2D eigenvalue weighted by Crippen LogP contribution is 2.69. The molecule has 0 amide bonds. The van der Waals surface area contributed by atoms with E-state index in [0.29, 0.717) is 22.9 Å². The van der Waals surface area contributed by atoms with Crippen molar-refractivity contribution in [3.8, 4) is 0 Å². The second-order valence-electron chi connectivity index (χ2n) is 10.3. The third kappa shape index (κ3) is 2.21. The summed E-state index contributed by atoms with van der Waals surface area (Å²) in [6.07, 6.45) is 9.69. The zero-order valence-electron chi connectivity index (χ0n) is 16.1. The molecule has 26 heavy (non-hydrogen) atoms. The number of hydrogen-bond donors (Lipinski definition) is 1. The molecule has 0 aromatic rings. The Bertz CT molecular complexity index is 608. The molecule has 5 saturated carbocycles. The molecule has 5 fully saturated rings. The highest BCUT2D eigenvalue weighted by Gasteiger charge is 2.72. The van der Waals surface area contributed by atoms with Crippen molar-refractivity contribution >= 4 is 21.7 Å². The lowest BCUT2D eigenvalue weighted by Gasteiger charge is -2.55. The lowest BCUT2D eigenvalue weighted by molar-refractivity contribution is -0.128. The summed E-state index contributed by atoms with van der Waals surface area (Å²) in [4.78, 5) is 12.5. The zero-order chi connectivity index (χ0) is 18.3. The van der Waals surface area contributed by atoms with Gasteiger partial charge in [-0.05, 0) is 86.4 Å². The molecule has 0 aromatic heterocycles. The Labute approximate surface area is 165 Å². The smallest absolute Gasteiger partial charge is 0.147 e. The second-order valence-corrected chi connectivity index (χ2v) is 10.9. The fourth-order valence-electron chi connectivity index (χ4n) is 8.75. The zero-order valence-corrected chi connectivity index (χ0v) is 17.7. The number of ether oxygens (including phenoxy) is 1. The lowest BCUT2D eigenvalue weighted by atomic mass is 9.49. The molecule has 2 unspecified atom stereocenters. The van der Waals surface area contributed by atoms with E-state index in [4.69, 9.17) is 4.74 Å². The van der Waals surface area contributed by atoms with Crippen LogP contribution >= 0.6 is 15.9 Å². The standard InChI is InChI=1S/C22H33BrO3/c1-21-9-7-12-13-8-10-22(25)19(20(22)26-2)15(13)4-3-14(12)16(21)5-6-17(21)18(24)11-23/h12-17,19-20,25H,3-11H2,1-2H3/t12-,13-,14-,15-,16+,17-,19?,20?,21+,22-/m1/s1. The van der Waals surface area contributed by atoms with Crippen LogP contribution in [0, 0.1) is 46.8 Å². The Morgan fingerprint density at radius 3 is 2.46 bits per heavy atom. The SMILES string of the molecule is COC1C2[C@@H]3CC[C@@H]4[C@H](CC[C@]5(C)[C@@H](C(=O)CBr)CC[C@@H]45)[C@H]3CC[C@]12O. The summed E-state index contributed by atoms with van der Waals surface area (Å²) in [6.45, 7) is 2.43. The summed E-state index contributed by atoms with van der Waals surface area (Å²) in [5.74, 6) is 4.95. The van der Waals surface area contributed by atoms with Crippen LogP contribution in [0.2, 0.25) is 0 Å². The van der Waals surface area contributed by atoms with Gasteiger partial charge in [0.05, 0.1) is 17.0 Å². The Kier molecular flexibility index (Phi) is 4.20. The number of carbonyl (C=O) groups is 1. The van der Waals surface area contributed by atoms with Crippen LogP contribution in [0.15, 0.2) is 0 Å². The predicted octanol–water partition coefficient (Wildman–Crippen LogP) is 4.21. The monoisotopic (exact) mass is 424 g/mol. The number of hydrogen-bond acceptors (Lipinski definition) is 3. The van der Waals surface area contributed by atoms with Gasteiger partial charge in [-0.25, -0.2) is 0 Å². The summed E-state index contributed by atoms with van der Waals surface area (Å²) < 4.78 is 5.64. The summed E-state index contributed by atoms with van der Waals surface area (Å²) in [7, 11) is 1.77. The van der Waals surface area contributed by atoms with Gasteiger partial charge in [0, 0.05) is 18.9 Å². The van der Waals surface area contributed by atoms with Gasteiger partial charge in [-0.3, -0.25) is 4.79 Å². The van der Waals surface area contributed by atoms with Crippen LogP contribution in [-0.2, 0) is 9.53 Å². The maximum Gasteiger partial charge on any atom is 0.147 e. The molecule has 5 aliphatic rings. The Balaban J connectivity index is 1.37. The second kappa shape index (κ2) is 6.03. The summed E-state index contributed by atoms with van der Waals surface area (Å²) >= 11 is 3.42. The van der Waals surface area contributed by atoms with Crippen molar-refractivity contribution in [2.75, 3.05) is 12.4 Å². The largest absolute Gasteiger partial charge is 0.387 e. The third-order valence-electron chi connectivity index (χ3n) is 9.83. The third-order valence-corrected chi connectivity index (χ3v) is 10.4. The average Bonchev–Trinajstić information content (AvgIpc) is 3.11. The van der Waals surface area contributed by atoms with E-state index in [-0.39, 0.29) is 17.4 Å². The maximum absolute atomic E-state index is 12.5. The minimum absolute atomic E-state index is 0.0929. The van der Waals surface area contributed by atoms with Crippen LogP contribution < -0.4 is 0 Å². The minimum atomic E-state index is -0.507. The first-order valence-electron chi connectivity index (χ1n) is 10.8. The number of carbonyl (C=O) groups excluding carboxylic acids is 1. The molecule has 4 heteroatoms. The number of ketones is 1.